The molecule has 4 rings (SSSR count). The molecular formula is C18H18B2O6. The van der Waals surface area contributed by atoms with Crippen molar-refractivity contribution >= 4 is 46.9 Å². The highest BCUT2D eigenvalue weighted by atomic mass is 16.5. The van der Waals surface area contributed by atoms with Crippen LogP contribution in [-0.4, -0.2) is 36.2 Å². The normalized spacial score (nSPS) is 10.5. The molecule has 0 saturated carbocycles. The zero-order chi connectivity index (χ0) is 18.7. The van der Waals surface area contributed by atoms with Crippen molar-refractivity contribution in [3.63, 3.8) is 0 Å². The Morgan fingerprint density at radius 3 is 2.50 bits per heavy atom. The summed E-state index contributed by atoms with van der Waals surface area (Å²) in [6.45, 7) is 1.19. The van der Waals surface area contributed by atoms with Gasteiger partial charge in [0.1, 0.15) is 5.58 Å². The van der Waals surface area contributed by atoms with E-state index < -0.39 is 14.0 Å². The van der Waals surface area contributed by atoms with E-state index in [-0.39, 0.29) is 0 Å². The largest absolute Gasteiger partial charge is 0.493 e. The average molecular weight is 352 g/mol. The second kappa shape index (κ2) is 7.70. The molecule has 0 atom stereocenters. The number of ether oxygens (including phenoxy) is 1. The molecule has 3 N–H and O–H groups in total. The summed E-state index contributed by atoms with van der Waals surface area (Å²) in [6.07, 6.45) is 3.13. The van der Waals surface area contributed by atoms with E-state index in [2.05, 4.69) is 0 Å². The highest BCUT2D eigenvalue weighted by Crippen LogP contribution is 2.24. The van der Waals surface area contributed by atoms with Crippen molar-refractivity contribution in [1.82, 2.24) is 0 Å². The van der Waals surface area contributed by atoms with Crippen molar-refractivity contribution in [2.75, 3.05) is 7.11 Å². The SMILES string of the molecule is COc1cccc2c(B(C)O)coc12.OB(O)c1ccc2occc2c1. The van der Waals surface area contributed by atoms with E-state index in [1.165, 1.54) is 0 Å². The van der Waals surface area contributed by atoms with E-state index in [0.29, 0.717) is 16.8 Å². The topological polar surface area (TPSA) is 96.2 Å². The summed E-state index contributed by atoms with van der Waals surface area (Å²) in [7, 11) is 0.184. The molecule has 2 aromatic heterocycles. The number of para-hydroxylation sites is 1. The maximum Gasteiger partial charge on any atom is 0.488 e. The van der Waals surface area contributed by atoms with Gasteiger partial charge in [0, 0.05) is 10.8 Å². The lowest BCUT2D eigenvalue weighted by Gasteiger charge is -2.00. The van der Waals surface area contributed by atoms with Gasteiger partial charge in [-0.25, -0.2) is 0 Å². The van der Waals surface area contributed by atoms with Crippen LogP contribution >= 0.6 is 0 Å². The van der Waals surface area contributed by atoms with Gasteiger partial charge in [-0.3, -0.25) is 0 Å². The number of rotatable bonds is 3. The van der Waals surface area contributed by atoms with Crippen molar-refractivity contribution < 1.29 is 28.6 Å². The van der Waals surface area contributed by atoms with Gasteiger partial charge in [-0.05, 0) is 29.1 Å². The maximum absolute atomic E-state index is 9.47. The molecule has 0 aliphatic carbocycles. The molecule has 2 heterocycles. The van der Waals surface area contributed by atoms with E-state index in [1.54, 1.807) is 50.7 Å². The second-order valence-electron chi connectivity index (χ2n) is 5.80. The fraction of sp³-hybridized carbons (Fsp3) is 0.111. The van der Waals surface area contributed by atoms with E-state index in [9.17, 15) is 5.02 Å². The number of fused-ring (bicyclic) bond motifs is 2. The molecule has 8 heteroatoms. The lowest BCUT2D eigenvalue weighted by atomic mass is 9.64. The van der Waals surface area contributed by atoms with Crippen LogP contribution in [0.5, 0.6) is 5.75 Å². The van der Waals surface area contributed by atoms with Gasteiger partial charge in [0.05, 0.1) is 19.6 Å². The third kappa shape index (κ3) is 3.62. The van der Waals surface area contributed by atoms with Gasteiger partial charge in [-0.2, -0.15) is 0 Å². The monoisotopic (exact) mass is 352 g/mol. The van der Waals surface area contributed by atoms with Crippen molar-refractivity contribution in [2.24, 2.45) is 0 Å². The molecule has 0 radical (unpaired) electrons. The van der Waals surface area contributed by atoms with Crippen LogP contribution in [0, 0.1) is 0 Å². The standard InChI is InChI=1S/C10H11BO3.C8H7BO3/c1-11(12)8-6-14-10-7(8)4-3-5-9(10)13-2;10-9(11)7-1-2-8-6(5-7)3-4-12-8/h3-6,12H,1-2H3;1-5,10-11H. The van der Waals surface area contributed by atoms with Crippen LogP contribution in [-0.2, 0) is 0 Å². The van der Waals surface area contributed by atoms with Crippen LogP contribution in [0.4, 0.5) is 0 Å². The third-order valence-corrected chi connectivity index (χ3v) is 4.04. The minimum Gasteiger partial charge on any atom is -0.493 e. The first-order chi connectivity index (χ1) is 12.5. The second-order valence-corrected chi connectivity index (χ2v) is 5.80. The summed E-state index contributed by atoms with van der Waals surface area (Å²) in [6, 6.07) is 12.4. The Morgan fingerprint density at radius 1 is 1.00 bits per heavy atom. The molecular weight excluding hydrogens is 334 g/mol. The Labute approximate surface area is 150 Å². The minimum atomic E-state index is -1.41. The number of methoxy groups -OCH3 is 1. The zero-order valence-electron chi connectivity index (χ0n) is 14.4. The molecule has 132 valence electrons. The molecule has 2 aromatic carbocycles. The van der Waals surface area contributed by atoms with Gasteiger partial charge in [0.2, 0.25) is 0 Å². The summed E-state index contributed by atoms with van der Waals surface area (Å²) >= 11 is 0. The molecule has 0 saturated heterocycles. The van der Waals surface area contributed by atoms with Crippen LogP contribution in [0.2, 0.25) is 6.82 Å². The lowest BCUT2D eigenvalue weighted by molar-refractivity contribution is 0.410. The van der Waals surface area contributed by atoms with Crippen molar-refractivity contribution in [3.05, 3.63) is 55.0 Å². The van der Waals surface area contributed by atoms with E-state index in [1.807, 2.05) is 18.2 Å². The van der Waals surface area contributed by atoms with Crippen LogP contribution < -0.4 is 15.7 Å². The van der Waals surface area contributed by atoms with Gasteiger partial charge in [-0.1, -0.05) is 31.1 Å². The number of hydrogen-bond acceptors (Lipinski definition) is 6. The van der Waals surface area contributed by atoms with Crippen LogP contribution in [0.1, 0.15) is 0 Å². The summed E-state index contributed by atoms with van der Waals surface area (Å²) in [5.41, 5.74) is 2.70. The molecule has 0 fully saturated rings. The third-order valence-electron chi connectivity index (χ3n) is 4.04. The molecule has 0 aliphatic rings. The fourth-order valence-electron chi connectivity index (χ4n) is 2.68. The van der Waals surface area contributed by atoms with Crippen LogP contribution in [0.15, 0.2) is 63.8 Å². The van der Waals surface area contributed by atoms with Crippen molar-refractivity contribution in [3.8, 4) is 5.75 Å². The molecule has 26 heavy (non-hydrogen) atoms. The van der Waals surface area contributed by atoms with Crippen molar-refractivity contribution in [2.45, 2.75) is 6.82 Å². The smallest absolute Gasteiger partial charge is 0.488 e. The van der Waals surface area contributed by atoms with Gasteiger partial charge >= 0.3 is 14.0 Å². The molecule has 0 spiro atoms. The quantitative estimate of drug-likeness (QED) is 0.482. The highest BCUT2D eigenvalue weighted by Gasteiger charge is 2.16. The van der Waals surface area contributed by atoms with Crippen molar-refractivity contribution in [1.29, 1.82) is 0 Å². The van der Waals surface area contributed by atoms with Crippen LogP contribution in [0.3, 0.4) is 0 Å². The lowest BCUT2D eigenvalue weighted by Crippen LogP contribution is -2.29. The number of hydrogen-bond donors (Lipinski definition) is 3. The summed E-state index contributed by atoms with van der Waals surface area (Å²) < 4.78 is 15.6. The predicted octanol–water partition coefficient (Wildman–Crippen LogP) is 1.37. The van der Waals surface area contributed by atoms with Crippen LogP contribution in [0.25, 0.3) is 21.9 Å². The van der Waals surface area contributed by atoms with Gasteiger partial charge in [0.15, 0.2) is 11.3 Å². The average Bonchev–Trinajstić information content (AvgIpc) is 3.27. The van der Waals surface area contributed by atoms with Gasteiger partial charge in [0.25, 0.3) is 0 Å². The Hall–Kier alpha value is -2.67. The summed E-state index contributed by atoms with van der Waals surface area (Å²) in [5, 5.41) is 28.9. The fourth-order valence-corrected chi connectivity index (χ4v) is 2.68. The number of benzene rings is 2. The predicted molar refractivity (Wildman–Crippen MR) is 102 cm³/mol. The Kier molecular flexibility index (Phi) is 5.37. The summed E-state index contributed by atoms with van der Waals surface area (Å²) in [4.78, 5) is 0. The van der Waals surface area contributed by atoms with E-state index in [0.717, 1.165) is 21.8 Å². The summed E-state index contributed by atoms with van der Waals surface area (Å²) in [5.74, 6) is 0.689. The zero-order valence-corrected chi connectivity index (χ0v) is 14.4. The van der Waals surface area contributed by atoms with E-state index in [4.69, 9.17) is 23.6 Å². The molecule has 0 bridgehead atoms. The Bertz CT molecular complexity index is 1010. The maximum atomic E-state index is 9.47. The molecule has 0 aliphatic heterocycles. The highest BCUT2D eigenvalue weighted by molar-refractivity contribution is 6.67. The first-order valence-corrected chi connectivity index (χ1v) is 8.06. The minimum absolute atomic E-state index is 0.476. The van der Waals surface area contributed by atoms with Gasteiger partial charge in [-0.15, -0.1) is 0 Å². The first kappa shape index (κ1) is 18.1. The molecule has 0 amide bonds. The molecule has 0 unspecified atom stereocenters. The molecule has 4 aromatic rings. The number of furan rings is 2. The Balaban J connectivity index is 0.000000152. The van der Waals surface area contributed by atoms with E-state index >= 15 is 0 Å². The van der Waals surface area contributed by atoms with Gasteiger partial charge < -0.3 is 28.6 Å². The Morgan fingerprint density at radius 2 is 1.81 bits per heavy atom. The molecule has 6 nitrogen and oxygen atoms in total. The first-order valence-electron chi connectivity index (χ1n) is 8.06.